The molecule has 0 saturated carbocycles. The first-order chi connectivity index (χ1) is 12.7. The molecule has 0 atom stereocenters. The molecule has 3 rings (SSSR count). The van der Waals surface area contributed by atoms with Crippen molar-refractivity contribution < 1.29 is 22.1 Å². The minimum Gasteiger partial charge on any atom is -0.360 e. The van der Waals surface area contributed by atoms with Crippen molar-refractivity contribution in [1.29, 1.82) is 0 Å². The van der Waals surface area contributed by atoms with E-state index in [9.17, 15) is 17.6 Å². The minimum absolute atomic E-state index is 0.00626. The summed E-state index contributed by atoms with van der Waals surface area (Å²) in [5, 5.41) is 6.43. The molecule has 3 aromatic rings. The second kappa shape index (κ2) is 7.13. The first kappa shape index (κ1) is 19.1. The molecule has 0 fully saturated rings. The molecule has 0 unspecified atom stereocenters. The number of amides is 1. The Morgan fingerprint density at radius 3 is 2.59 bits per heavy atom. The fourth-order valence-electron chi connectivity index (χ4n) is 2.53. The van der Waals surface area contributed by atoms with Crippen molar-refractivity contribution in [2.75, 3.05) is 11.6 Å². The van der Waals surface area contributed by atoms with Crippen molar-refractivity contribution in [1.82, 2.24) is 5.16 Å². The molecule has 0 aliphatic carbocycles. The average molecular weight is 409 g/mol. The van der Waals surface area contributed by atoms with Crippen LogP contribution in [0, 0.1) is 12.7 Å². The zero-order valence-corrected chi connectivity index (χ0v) is 15.9. The van der Waals surface area contributed by atoms with Crippen LogP contribution in [-0.2, 0) is 9.84 Å². The molecule has 0 aliphatic rings. The Hall–Kier alpha value is -2.71. The number of rotatable bonds is 4. The van der Waals surface area contributed by atoms with Gasteiger partial charge in [-0.2, -0.15) is 0 Å². The molecule has 0 saturated heterocycles. The molecule has 1 amide bonds. The third-order valence-corrected chi connectivity index (χ3v) is 5.23. The number of carbonyl (C=O) groups excluding carboxylic acids is 1. The molecule has 2 aromatic carbocycles. The van der Waals surface area contributed by atoms with E-state index in [4.69, 9.17) is 16.1 Å². The molecule has 0 bridgehead atoms. The van der Waals surface area contributed by atoms with Crippen LogP contribution in [0.15, 0.2) is 51.9 Å². The highest BCUT2D eigenvalue weighted by Crippen LogP contribution is 2.33. The first-order valence-electron chi connectivity index (χ1n) is 7.70. The summed E-state index contributed by atoms with van der Waals surface area (Å²) in [4.78, 5) is 12.8. The SMILES string of the molecule is Cc1onc(-c2c(F)cccc2Cl)c1C(=O)Nc1cccc(S(C)(=O)=O)c1. The van der Waals surface area contributed by atoms with Crippen molar-refractivity contribution in [2.24, 2.45) is 0 Å². The van der Waals surface area contributed by atoms with Crippen molar-refractivity contribution in [2.45, 2.75) is 11.8 Å². The molecule has 0 aliphatic heterocycles. The normalized spacial score (nSPS) is 11.4. The van der Waals surface area contributed by atoms with Gasteiger partial charge in [-0.3, -0.25) is 4.79 Å². The van der Waals surface area contributed by atoms with E-state index < -0.39 is 21.6 Å². The van der Waals surface area contributed by atoms with Crippen LogP contribution in [0.1, 0.15) is 16.1 Å². The minimum atomic E-state index is -3.43. The van der Waals surface area contributed by atoms with Gasteiger partial charge in [0.2, 0.25) is 0 Å². The lowest BCUT2D eigenvalue weighted by Gasteiger charge is -2.08. The number of aromatic nitrogens is 1. The largest absolute Gasteiger partial charge is 0.360 e. The molecular weight excluding hydrogens is 395 g/mol. The third-order valence-electron chi connectivity index (χ3n) is 3.81. The topological polar surface area (TPSA) is 89.3 Å². The second-order valence-electron chi connectivity index (χ2n) is 5.81. The Balaban J connectivity index is 2.01. The van der Waals surface area contributed by atoms with Gasteiger partial charge in [0.05, 0.1) is 15.5 Å². The number of nitrogens with one attached hydrogen (secondary N) is 1. The molecule has 1 heterocycles. The molecule has 6 nitrogen and oxygen atoms in total. The Bertz CT molecular complexity index is 1120. The number of aryl methyl sites for hydroxylation is 1. The average Bonchev–Trinajstić information content (AvgIpc) is 2.95. The number of hydrogen-bond donors (Lipinski definition) is 1. The van der Waals surface area contributed by atoms with E-state index in [1.165, 1.54) is 49.4 Å². The smallest absolute Gasteiger partial charge is 0.261 e. The Morgan fingerprint density at radius 1 is 1.22 bits per heavy atom. The van der Waals surface area contributed by atoms with Crippen LogP contribution in [0.25, 0.3) is 11.3 Å². The molecule has 1 aromatic heterocycles. The fourth-order valence-corrected chi connectivity index (χ4v) is 3.45. The van der Waals surface area contributed by atoms with Crippen LogP contribution in [0.5, 0.6) is 0 Å². The number of benzene rings is 2. The van der Waals surface area contributed by atoms with Gasteiger partial charge in [0, 0.05) is 11.9 Å². The number of nitrogens with zero attached hydrogens (tertiary/aromatic N) is 1. The zero-order valence-electron chi connectivity index (χ0n) is 14.3. The van der Waals surface area contributed by atoms with E-state index in [1.54, 1.807) is 0 Å². The first-order valence-corrected chi connectivity index (χ1v) is 9.97. The van der Waals surface area contributed by atoms with Crippen molar-refractivity contribution in [3.05, 3.63) is 64.6 Å². The van der Waals surface area contributed by atoms with Crippen molar-refractivity contribution >= 4 is 33.0 Å². The van der Waals surface area contributed by atoms with E-state index in [-0.39, 0.29) is 38.2 Å². The summed E-state index contributed by atoms with van der Waals surface area (Å²) >= 11 is 6.06. The van der Waals surface area contributed by atoms with Crippen LogP contribution in [-0.4, -0.2) is 25.7 Å². The standard InChI is InChI=1S/C18H14ClFN2O4S/c1-10-15(17(22-26-10)16-13(19)7-4-8-14(16)20)18(23)21-11-5-3-6-12(9-11)27(2,24)25/h3-9H,1-2H3,(H,21,23). The number of carbonyl (C=O) groups is 1. The summed E-state index contributed by atoms with van der Waals surface area (Å²) in [6.07, 6.45) is 1.07. The number of hydrogen-bond acceptors (Lipinski definition) is 5. The van der Waals surface area contributed by atoms with Crippen LogP contribution in [0.4, 0.5) is 10.1 Å². The van der Waals surface area contributed by atoms with E-state index in [0.717, 1.165) is 6.26 Å². The molecule has 9 heteroatoms. The van der Waals surface area contributed by atoms with E-state index >= 15 is 0 Å². The second-order valence-corrected chi connectivity index (χ2v) is 8.24. The monoisotopic (exact) mass is 408 g/mol. The van der Waals surface area contributed by atoms with Gasteiger partial charge >= 0.3 is 0 Å². The maximum atomic E-state index is 14.2. The molecule has 1 N–H and O–H groups in total. The summed E-state index contributed by atoms with van der Waals surface area (Å²) < 4.78 is 42.6. The van der Waals surface area contributed by atoms with Gasteiger partial charge in [0.1, 0.15) is 22.8 Å². The zero-order chi connectivity index (χ0) is 19.8. The Morgan fingerprint density at radius 2 is 1.93 bits per heavy atom. The van der Waals surface area contributed by atoms with E-state index in [2.05, 4.69) is 10.5 Å². The highest BCUT2D eigenvalue weighted by atomic mass is 35.5. The van der Waals surface area contributed by atoms with Crippen LogP contribution < -0.4 is 5.32 Å². The Labute approximate surface area is 159 Å². The van der Waals surface area contributed by atoms with Crippen LogP contribution in [0.3, 0.4) is 0 Å². The van der Waals surface area contributed by atoms with Crippen molar-refractivity contribution in [3.63, 3.8) is 0 Å². The predicted octanol–water partition coefficient (Wildman–Crippen LogP) is 4.10. The van der Waals surface area contributed by atoms with Gasteiger partial charge in [0.25, 0.3) is 5.91 Å². The van der Waals surface area contributed by atoms with Gasteiger partial charge < -0.3 is 9.84 Å². The van der Waals surface area contributed by atoms with Gasteiger partial charge in [0.15, 0.2) is 9.84 Å². The fraction of sp³-hybridized carbons (Fsp3) is 0.111. The lowest BCUT2D eigenvalue weighted by atomic mass is 10.0. The number of halogens is 2. The van der Waals surface area contributed by atoms with Gasteiger partial charge in [-0.15, -0.1) is 0 Å². The number of anilines is 1. The summed E-state index contributed by atoms with van der Waals surface area (Å²) in [5.74, 6) is -1.11. The van der Waals surface area contributed by atoms with Crippen LogP contribution in [0.2, 0.25) is 5.02 Å². The molecule has 27 heavy (non-hydrogen) atoms. The third kappa shape index (κ3) is 3.86. The number of sulfone groups is 1. The van der Waals surface area contributed by atoms with Gasteiger partial charge in [-0.1, -0.05) is 28.9 Å². The molecule has 140 valence electrons. The summed E-state index contributed by atoms with van der Waals surface area (Å²) in [6, 6.07) is 9.88. The lowest BCUT2D eigenvalue weighted by molar-refractivity contribution is 0.102. The highest BCUT2D eigenvalue weighted by Gasteiger charge is 2.25. The van der Waals surface area contributed by atoms with E-state index in [1.807, 2.05) is 0 Å². The van der Waals surface area contributed by atoms with Crippen LogP contribution >= 0.6 is 11.6 Å². The lowest BCUT2D eigenvalue weighted by Crippen LogP contribution is -2.14. The van der Waals surface area contributed by atoms with Gasteiger partial charge in [-0.05, 0) is 37.3 Å². The molecule has 0 spiro atoms. The molecule has 0 radical (unpaired) electrons. The van der Waals surface area contributed by atoms with E-state index in [0.29, 0.717) is 0 Å². The maximum Gasteiger partial charge on any atom is 0.261 e. The Kier molecular flexibility index (Phi) is 5.03. The van der Waals surface area contributed by atoms with Crippen molar-refractivity contribution in [3.8, 4) is 11.3 Å². The van der Waals surface area contributed by atoms with Gasteiger partial charge in [-0.25, -0.2) is 12.8 Å². The maximum absolute atomic E-state index is 14.2. The molecular formula is C18H14ClFN2O4S. The summed E-state index contributed by atoms with van der Waals surface area (Å²) in [7, 11) is -3.43. The predicted molar refractivity (Wildman–Crippen MR) is 99.1 cm³/mol. The summed E-state index contributed by atoms with van der Waals surface area (Å²) in [5.41, 5.74) is 0.180. The summed E-state index contributed by atoms with van der Waals surface area (Å²) in [6.45, 7) is 1.51. The highest BCUT2D eigenvalue weighted by molar-refractivity contribution is 7.90. The quantitative estimate of drug-likeness (QED) is 0.702.